The molecule has 0 radical (unpaired) electrons. The van der Waals surface area contributed by atoms with Crippen molar-refractivity contribution in [1.82, 2.24) is 0 Å². The summed E-state index contributed by atoms with van der Waals surface area (Å²) in [6.07, 6.45) is 13.4. The van der Waals surface area contributed by atoms with Gasteiger partial charge >= 0.3 is 0 Å². The molecule has 0 atom stereocenters. The molecule has 1 aliphatic rings. The number of ketones is 1. The van der Waals surface area contributed by atoms with Crippen molar-refractivity contribution >= 4 is 5.78 Å². The number of aliphatic hydroxyl groups excluding tert-OH is 1. The van der Waals surface area contributed by atoms with E-state index in [1.54, 1.807) is 6.08 Å². The van der Waals surface area contributed by atoms with Crippen LogP contribution in [-0.2, 0) is 4.79 Å². The van der Waals surface area contributed by atoms with Gasteiger partial charge in [0.25, 0.3) is 0 Å². The number of aliphatic hydroxyl groups is 1. The molecule has 0 aliphatic heterocycles. The molecule has 0 bridgehead atoms. The van der Waals surface area contributed by atoms with E-state index >= 15 is 0 Å². The lowest BCUT2D eigenvalue weighted by atomic mass is 9.72. The van der Waals surface area contributed by atoms with E-state index in [9.17, 15) is 4.79 Å². The SMILES string of the molecule is CC1=C(/C=C/C(C)=C\C=C\C(C)=C\CO)C(C)(C)CCC1=O. The molecule has 2 nitrogen and oxygen atoms in total. The molecule has 0 aromatic rings. The lowest BCUT2D eigenvalue weighted by molar-refractivity contribution is -0.116. The van der Waals surface area contributed by atoms with E-state index in [0.29, 0.717) is 6.42 Å². The molecular weight excluding hydrogens is 272 g/mol. The molecule has 0 saturated carbocycles. The topological polar surface area (TPSA) is 37.3 Å². The zero-order valence-corrected chi connectivity index (χ0v) is 14.4. The van der Waals surface area contributed by atoms with E-state index in [2.05, 4.69) is 26.0 Å². The summed E-state index contributed by atoms with van der Waals surface area (Å²) in [6.45, 7) is 10.4. The molecule has 0 aromatic heterocycles. The van der Waals surface area contributed by atoms with Crippen LogP contribution in [0.1, 0.15) is 47.5 Å². The first-order valence-corrected chi connectivity index (χ1v) is 7.83. The van der Waals surface area contributed by atoms with Crippen molar-refractivity contribution in [3.8, 4) is 0 Å². The molecule has 22 heavy (non-hydrogen) atoms. The molecule has 0 aromatic carbocycles. The van der Waals surface area contributed by atoms with Gasteiger partial charge in [-0.1, -0.05) is 61.4 Å². The Bertz CT molecular complexity index is 567. The summed E-state index contributed by atoms with van der Waals surface area (Å²) >= 11 is 0. The van der Waals surface area contributed by atoms with E-state index in [1.807, 2.05) is 39.0 Å². The maximum atomic E-state index is 11.9. The molecule has 0 spiro atoms. The van der Waals surface area contributed by atoms with Crippen LogP contribution in [0.3, 0.4) is 0 Å². The first-order valence-electron chi connectivity index (χ1n) is 7.83. The van der Waals surface area contributed by atoms with Gasteiger partial charge in [-0.2, -0.15) is 0 Å². The minimum atomic E-state index is 0.0606. The number of Topliss-reactive ketones (excluding diaryl/α,β-unsaturated/α-hetero) is 1. The van der Waals surface area contributed by atoms with Crippen LogP contribution in [0, 0.1) is 5.41 Å². The lowest BCUT2D eigenvalue weighted by Crippen LogP contribution is -2.24. The predicted octanol–water partition coefficient (Wildman–Crippen LogP) is 4.69. The van der Waals surface area contributed by atoms with Crippen LogP contribution >= 0.6 is 0 Å². The van der Waals surface area contributed by atoms with Crippen molar-refractivity contribution in [2.24, 2.45) is 5.41 Å². The van der Waals surface area contributed by atoms with Gasteiger partial charge in [0, 0.05) is 6.42 Å². The molecule has 0 fully saturated rings. The molecule has 120 valence electrons. The highest BCUT2D eigenvalue weighted by Crippen LogP contribution is 2.39. The van der Waals surface area contributed by atoms with E-state index in [0.717, 1.165) is 28.7 Å². The van der Waals surface area contributed by atoms with Crippen LogP contribution < -0.4 is 0 Å². The highest BCUT2D eigenvalue weighted by molar-refractivity contribution is 5.97. The van der Waals surface area contributed by atoms with Crippen LogP contribution in [0.5, 0.6) is 0 Å². The summed E-state index contributed by atoms with van der Waals surface area (Å²) < 4.78 is 0. The molecule has 0 saturated heterocycles. The smallest absolute Gasteiger partial charge is 0.158 e. The first kappa shape index (κ1) is 18.4. The summed E-state index contributed by atoms with van der Waals surface area (Å²) in [7, 11) is 0. The summed E-state index contributed by atoms with van der Waals surface area (Å²) in [6, 6.07) is 0. The van der Waals surface area contributed by atoms with Gasteiger partial charge in [-0.05, 0) is 43.8 Å². The number of hydrogen-bond donors (Lipinski definition) is 1. The van der Waals surface area contributed by atoms with Crippen molar-refractivity contribution < 1.29 is 9.90 Å². The molecule has 1 rings (SSSR count). The van der Waals surface area contributed by atoms with E-state index < -0.39 is 0 Å². The Hall–Kier alpha value is -1.67. The van der Waals surface area contributed by atoms with Crippen LogP contribution in [0.4, 0.5) is 0 Å². The minimum Gasteiger partial charge on any atom is -0.392 e. The van der Waals surface area contributed by atoms with Gasteiger partial charge in [0.1, 0.15) is 0 Å². The second kappa shape index (κ2) is 8.09. The summed E-state index contributed by atoms with van der Waals surface area (Å²) in [5.41, 5.74) is 4.27. The van der Waals surface area contributed by atoms with Crippen molar-refractivity contribution in [3.05, 3.63) is 58.7 Å². The van der Waals surface area contributed by atoms with Gasteiger partial charge in [0.2, 0.25) is 0 Å². The Morgan fingerprint density at radius 3 is 2.55 bits per heavy atom. The number of carbonyl (C=O) groups is 1. The molecule has 0 amide bonds. The fraction of sp³-hybridized carbons (Fsp3) is 0.450. The third-order valence-electron chi connectivity index (χ3n) is 4.17. The van der Waals surface area contributed by atoms with Crippen molar-refractivity contribution in [1.29, 1.82) is 0 Å². The minimum absolute atomic E-state index is 0.0606. The highest BCUT2D eigenvalue weighted by atomic mass is 16.2. The molecule has 1 N–H and O–H groups in total. The number of allylic oxidation sites excluding steroid dienone is 9. The van der Waals surface area contributed by atoms with Crippen LogP contribution in [0.25, 0.3) is 0 Å². The fourth-order valence-electron chi connectivity index (χ4n) is 2.59. The fourth-order valence-corrected chi connectivity index (χ4v) is 2.59. The maximum absolute atomic E-state index is 11.9. The maximum Gasteiger partial charge on any atom is 0.158 e. The number of hydrogen-bond acceptors (Lipinski definition) is 2. The third kappa shape index (κ3) is 5.27. The summed E-state index contributed by atoms with van der Waals surface area (Å²) in [4.78, 5) is 11.9. The molecule has 2 heteroatoms. The van der Waals surface area contributed by atoms with Gasteiger partial charge in [-0.25, -0.2) is 0 Å². The average Bonchev–Trinajstić information content (AvgIpc) is 2.43. The monoisotopic (exact) mass is 300 g/mol. The Morgan fingerprint density at radius 2 is 1.91 bits per heavy atom. The van der Waals surface area contributed by atoms with Crippen molar-refractivity contribution in [2.75, 3.05) is 6.61 Å². The third-order valence-corrected chi connectivity index (χ3v) is 4.17. The van der Waals surface area contributed by atoms with Crippen LogP contribution in [-0.4, -0.2) is 17.5 Å². The van der Waals surface area contributed by atoms with Gasteiger partial charge in [0.15, 0.2) is 5.78 Å². The summed E-state index contributed by atoms with van der Waals surface area (Å²) in [5, 5.41) is 8.80. The summed E-state index contributed by atoms with van der Waals surface area (Å²) in [5.74, 6) is 0.269. The Kier molecular flexibility index (Phi) is 6.76. The number of rotatable bonds is 5. The molecule has 1 aliphatic carbocycles. The number of carbonyl (C=O) groups excluding carboxylic acids is 1. The van der Waals surface area contributed by atoms with Crippen LogP contribution in [0.2, 0.25) is 0 Å². The predicted molar refractivity (Wildman–Crippen MR) is 93.6 cm³/mol. The second-order valence-electron chi connectivity index (χ2n) is 6.58. The van der Waals surface area contributed by atoms with Gasteiger partial charge in [-0.15, -0.1) is 0 Å². The normalized spacial score (nSPS) is 20.5. The molecule has 0 heterocycles. The lowest BCUT2D eigenvalue weighted by Gasteiger charge is -2.32. The Morgan fingerprint density at radius 1 is 1.23 bits per heavy atom. The largest absolute Gasteiger partial charge is 0.392 e. The zero-order valence-electron chi connectivity index (χ0n) is 14.4. The van der Waals surface area contributed by atoms with Gasteiger partial charge in [0.05, 0.1) is 6.61 Å². The molecular formula is C20H28O2. The average molecular weight is 300 g/mol. The van der Waals surface area contributed by atoms with E-state index in [1.165, 1.54) is 0 Å². The first-order chi connectivity index (χ1) is 10.3. The van der Waals surface area contributed by atoms with Gasteiger partial charge < -0.3 is 5.11 Å². The van der Waals surface area contributed by atoms with Crippen LogP contribution in [0.15, 0.2) is 58.7 Å². The Labute approximate surface area is 134 Å². The Balaban J connectivity index is 2.88. The van der Waals surface area contributed by atoms with Gasteiger partial charge in [-0.3, -0.25) is 4.79 Å². The standard InChI is InChI=1S/C20H28O2/c1-15(7-6-8-16(2)12-14-21)9-10-18-17(3)19(22)11-13-20(18,4)5/h6-10,12,21H,11,13-14H2,1-5H3/b8-6+,10-9+,15-7-,16-12+. The van der Waals surface area contributed by atoms with Crippen molar-refractivity contribution in [2.45, 2.75) is 47.5 Å². The quantitative estimate of drug-likeness (QED) is 0.748. The van der Waals surface area contributed by atoms with E-state index in [4.69, 9.17) is 5.11 Å². The van der Waals surface area contributed by atoms with E-state index in [-0.39, 0.29) is 17.8 Å². The second-order valence-corrected chi connectivity index (χ2v) is 6.58. The highest BCUT2D eigenvalue weighted by Gasteiger charge is 2.30. The molecule has 0 unspecified atom stereocenters. The van der Waals surface area contributed by atoms with Crippen molar-refractivity contribution in [3.63, 3.8) is 0 Å². The zero-order chi connectivity index (χ0) is 16.8.